The minimum absolute atomic E-state index is 0.0898. The van der Waals surface area contributed by atoms with Crippen LogP contribution in [0.3, 0.4) is 0 Å². The number of ether oxygens (including phenoxy) is 3. The summed E-state index contributed by atoms with van der Waals surface area (Å²) in [6.45, 7) is 11.9. The Hall–Kier alpha value is -0.680. The second-order valence-corrected chi connectivity index (χ2v) is 10.9. The molecule has 4 heteroatoms. The summed E-state index contributed by atoms with van der Waals surface area (Å²) in [4.78, 5) is 0. The van der Waals surface area contributed by atoms with E-state index in [0.717, 1.165) is 44.1 Å². The molecule has 34 heavy (non-hydrogen) atoms. The van der Waals surface area contributed by atoms with Crippen molar-refractivity contribution < 1.29 is 19.3 Å². The Morgan fingerprint density at radius 2 is 1.79 bits per heavy atom. The molecule has 2 heterocycles. The van der Waals surface area contributed by atoms with Crippen LogP contribution in [0.15, 0.2) is 23.8 Å². The lowest BCUT2D eigenvalue weighted by molar-refractivity contribution is -0.198. The standard InChI is InChI=1S/C30H54O4/c1-6-8-9-14-17-26(31)22-27-19-20-32-30(33-27)23(3)16-13-11-10-12-15-18-29-25(5)21-24(4)28(7-2)34-29/h11,13,16,24-31H,6-10,12,14-15,17-22H2,1-5H3/b13-11-,23-16+/t24?,25-,26?,27?,28?,29?,30?/m1/s1. The van der Waals surface area contributed by atoms with Gasteiger partial charge in [-0.05, 0) is 75.7 Å². The highest BCUT2D eigenvalue weighted by Crippen LogP contribution is 2.33. The maximum atomic E-state index is 10.4. The fourth-order valence-corrected chi connectivity index (χ4v) is 5.47. The largest absolute Gasteiger partial charge is 0.393 e. The molecule has 0 spiro atoms. The van der Waals surface area contributed by atoms with Gasteiger partial charge in [0.1, 0.15) is 0 Å². The predicted molar refractivity (Wildman–Crippen MR) is 142 cm³/mol. The van der Waals surface area contributed by atoms with Gasteiger partial charge in [0.25, 0.3) is 0 Å². The highest BCUT2D eigenvalue weighted by molar-refractivity contribution is 5.13. The van der Waals surface area contributed by atoms with Crippen LogP contribution in [0.1, 0.15) is 118 Å². The second kappa shape index (κ2) is 16.9. The number of hydrogen-bond acceptors (Lipinski definition) is 4. The van der Waals surface area contributed by atoms with Crippen LogP contribution in [0, 0.1) is 11.8 Å². The van der Waals surface area contributed by atoms with Crippen molar-refractivity contribution in [1.29, 1.82) is 0 Å². The first-order valence-electron chi connectivity index (χ1n) is 14.4. The van der Waals surface area contributed by atoms with E-state index in [-0.39, 0.29) is 18.5 Å². The zero-order chi connectivity index (χ0) is 24.8. The summed E-state index contributed by atoms with van der Waals surface area (Å²) < 4.78 is 18.4. The summed E-state index contributed by atoms with van der Waals surface area (Å²) in [5, 5.41) is 10.4. The van der Waals surface area contributed by atoms with Crippen molar-refractivity contribution in [2.45, 2.75) is 149 Å². The van der Waals surface area contributed by atoms with Gasteiger partial charge in [0.15, 0.2) is 6.29 Å². The van der Waals surface area contributed by atoms with E-state index in [0.29, 0.717) is 30.7 Å². The molecule has 0 saturated carbocycles. The molecule has 6 unspecified atom stereocenters. The molecule has 0 aliphatic carbocycles. The Morgan fingerprint density at radius 3 is 2.56 bits per heavy atom. The Bertz CT molecular complexity index is 586. The van der Waals surface area contributed by atoms with Gasteiger partial charge in [-0.25, -0.2) is 0 Å². The Morgan fingerprint density at radius 1 is 1.00 bits per heavy atom. The monoisotopic (exact) mass is 478 g/mol. The van der Waals surface area contributed by atoms with Gasteiger partial charge in [0.2, 0.25) is 0 Å². The van der Waals surface area contributed by atoms with Gasteiger partial charge >= 0.3 is 0 Å². The maximum Gasteiger partial charge on any atom is 0.180 e. The Labute approximate surface area is 210 Å². The molecule has 0 aromatic rings. The van der Waals surface area contributed by atoms with E-state index in [1.807, 2.05) is 0 Å². The van der Waals surface area contributed by atoms with E-state index >= 15 is 0 Å². The molecule has 198 valence electrons. The predicted octanol–water partition coefficient (Wildman–Crippen LogP) is 7.74. The van der Waals surface area contributed by atoms with Gasteiger partial charge in [-0.1, -0.05) is 78.0 Å². The normalized spacial score (nSPS) is 31.8. The Kier molecular flexibility index (Phi) is 14.7. The third-order valence-corrected chi connectivity index (χ3v) is 7.69. The first-order chi connectivity index (χ1) is 16.4. The fraction of sp³-hybridized carbons (Fsp3) is 0.867. The van der Waals surface area contributed by atoms with Crippen LogP contribution in [0.2, 0.25) is 0 Å². The fourth-order valence-electron chi connectivity index (χ4n) is 5.47. The molecule has 0 amide bonds. The molecular weight excluding hydrogens is 424 g/mol. The van der Waals surface area contributed by atoms with E-state index in [9.17, 15) is 5.11 Å². The van der Waals surface area contributed by atoms with Crippen LogP contribution < -0.4 is 0 Å². The lowest BCUT2D eigenvalue weighted by atomic mass is 9.83. The molecule has 2 saturated heterocycles. The van der Waals surface area contributed by atoms with Crippen molar-refractivity contribution in [3.63, 3.8) is 0 Å². The number of aliphatic hydroxyl groups excluding tert-OH is 1. The van der Waals surface area contributed by atoms with E-state index in [1.165, 1.54) is 44.9 Å². The number of aliphatic hydroxyl groups is 1. The van der Waals surface area contributed by atoms with E-state index in [4.69, 9.17) is 14.2 Å². The van der Waals surface area contributed by atoms with E-state index in [2.05, 4.69) is 52.8 Å². The van der Waals surface area contributed by atoms with Gasteiger partial charge < -0.3 is 19.3 Å². The van der Waals surface area contributed by atoms with Crippen LogP contribution in [0.5, 0.6) is 0 Å². The van der Waals surface area contributed by atoms with Gasteiger partial charge in [-0.15, -0.1) is 0 Å². The minimum Gasteiger partial charge on any atom is -0.393 e. The van der Waals surface area contributed by atoms with Crippen molar-refractivity contribution in [1.82, 2.24) is 0 Å². The zero-order valence-electron chi connectivity index (χ0n) is 22.8. The molecule has 2 rings (SSSR count). The number of hydrogen-bond donors (Lipinski definition) is 1. The molecule has 0 radical (unpaired) electrons. The lowest BCUT2D eigenvalue weighted by Gasteiger charge is -2.39. The third-order valence-electron chi connectivity index (χ3n) is 7.69. The van der Waals surface area contributed by atoms with Gasteiger partial charge in [-0.2, -0.15) is 0 Å². The molecule has 2 aliphatic rings. The topological polar surface area (TPSA) is 47.9 Å². The van der Waals surface area contributed by atoms with Crippen molar-refractivity contribution in [2.75, 3.05) is 6.61 Å². The Balaban J connectivity index is 1.62. The molecule has 2 aliphatic heterocycles. The van der Waals surface area contributed by atoms with Crippen LogP contribution in [0.4, 0.5) is 0 Å². The molecular formula is C30H54O4. The smallest absolute Gasteiger partial charge is 0.180 e. The first-order valence-corrected chi connectivity index (χ1v) is 14.4. The number of allylic oxidation sites excluding steroid dienone is 3. The number of unbranched alkanes of at least 4 members (excludes halogenated alkanes) is 5. The van der Waals surface area contributed by atoms with Crippen molar-refractivity contribution in [3.8, 4) is 0 Å². The summed E-state index contributed by atoms with van der Waals surface area (Å²) in [5.41, 5.74) is 1.10. The first kappa shape index (κ1) is 29.5. The summed E-state index contributed by atoms with van der Waals surface area (Å²) in [7, 11) is 0. The minimum atomic E-state index is -0.283. The molecule has 2 fully saturated rings. The average Bonchev–Trinajstić information content (AvgIpc) is 2.82. The van der Waals surface area contributed by atoms with E-state index < -0.39 is 0 Å². The zero-order valence-corrected chi connectivity index (χ0v) is 22.8. The third kappa shape index (κ3) is 10.9. The lowest BCUT2D eigenvalue weighted by Crippen LogP contribution is -2.38. The summed E-state index contributed by atoms with van der Waals surface area (Å²) in [6, 6.07) is 0. The van der Waals surface area contributed by atoms with Crippen LogP contribution >= 0.6 is 0 Å². The highest BCUT2D eigenvalue weighted by atomic mass is 16.7. The van der Waals surface area contributed by atoms with E-state index in [1.54, 1.807) is 0 Å². The van der Waals surface area contributed by atoms with Crippen LogP contribution in [-0.2, 0) is 14.2 Å². The van der Waals surface area contributed by atoms with Crippen molar-refractivity contribution in [2.24, 2.45) is 11.8 Å². The van der Waals surface area contributed by atoms with Crippen molar-refractivity contribution >= 4 is 0 Å². The SMILES string of the molecule is CCCCCCC(O)CC1CCOC(/C(C)=C/C=C\CCCCC2OC(CC)C(C)C[C@H]2C)O1. The highest BCUT2D eigenvalue weighted by Gasteiger charge is 2.32. The number of rotatable bonds is 15. The molecule has 0 aromatic carbocycles. The second-order valence-electron chi connectivity index (χ2n) is 10.9. The summed E-state index contributed by atoms with van der Waals surface area (Å²) in [6.07, 6.45) is 21.4. The maximum absolute atomic E-state index is 10.4. The van der Waals surface area contributed by atoms with Gasteiger partial charge in [0, 0.05) is 0 Å². The molecule has 7 atom stereocenters. The molecule has 0 aromatic heterocycles. The molecule has 4 nitrogen and oxygen atoms in total. The van der Waals surface area contributed by atoms with Crippen LogP contribution in [0.25, 0.3) is 0 Å². The van der Waals surface area contributed by atoms with Crippen LogP contribution in [-0.4, -0.2) is 42.4 Å². The summed E-state index contributed by atoms with van der Waals surface area (Å²) in [5.74, 6) is 1.38. The summed E-state index contributed by atoms with van der Waals surface area (Å²) >= 11 is 0. The van der Waals surface area contributed by atoms with Gasteiger partial charge in [0.05, 0.1) is 31.0 Å². The van der Waals surface area contributed by atoms with Crippen molar-refractivity contribution in [3.05, 3.63) is 23.8 Å². The van der Waals surface area contributed by atoms with Gasteiger partial charge in [-0.3, -0.25) is 0 Å². The molecule has 0 bridgehead atoms. The quantitative estimate of drug-likeness (QED) is 0.193. The average molecular weight is 479 g/mol. The molecule has 1 N–H and O–H groups in total.